The number of benzene rings is 1. The molecule has 1 atom stereocenters. The lowest BCUT2D eigenvalue weighted by molar-refractivity contribution is -0.140. The Bertz CT molecular complexity index is 1450. The van der Waals surface area contributed by atoms with Gasteiger partial charge in [-0.2, -0.15) is 0 Å². The van der Waals surface area contributed by atoms with Crippen LogP contribution in [0.15, 0.2) is 24.3 Å². The second-order valence-corrected chi connectivity index (χ2v) is 11.9. The van der Waals surface area contributed by atoms with Gasteiger partial charge in [0.2, 0.25) is 11.8 Å². The number of fused-ring (bicyclic) bond motifs is 1. The molecule has 1 N–H and O–H groups in total. The van der Waals surface area contributed by atoms with E-state index in [0.29, 0.717) is 55.8 Å². The highest BCUT2D eigenvalue weighted by Crippen LogP contribution is 2.28. The van der Waals surface area contributed by atoms with Crippen LogP contribution < -0.4 is 10.1 Å². The van der Waals surface area contributed by atoms with E-state index in [9.17, 15) is 24.0 Å². The van der Waals surface area contributed by atoms with E-state index in [1.807, 2.05) is 25.1 Å². The number of rotatable bonds is 9. The largest absolute Gasteiger partial charge is 0.483 e. The molecule has 1 aliphatic carbocycles. The minimum absolute atomic E-state index is 0.0805. The van der Waals surface area contributed by atoms with Crippen LogP contribution in [0.5, 0.6) is 5.75 Å². The van der Waals surface area contributed by atoms with Crippen molar-refractivity contribution in [3.05, 3.63) is 35.5 Å². The predicted molar refractivity (Wildman–Crippen MR) is 165 cm³/mol. The van der Waals surface area contributed by atoms with Gasteiger partial charge >= 0.3 is 6.09 Å². The quantitative estimate of drug-likeness (QED) is 0.448. The molecule has 13 heteroatoms. The summed E-state index contributed by atoms with van der Waals surface area (Å²) >= 11 is 0. The topological polar surface area (TPSA) is 142 Å². The molecule has 1 saturated carbocycles. The molecular formula is C32H42N6O7. The number of hydrogen-bond acceptors (Lipinski definition) is 8. The maximum atomic E-state index is 13.5. The Morgan fingerprint density at radius 2 is 1.69 bits per heavy atom. The first kappa shape index (κ1) is 32.0. The van der Waals surface area contributed by atoms with Gasteiger partial charge in [0.05, 0.1) is 18.7 Å². The van der Waals surface area contributed by atoms with Gasteiger partial charge in [0.1, 0.15) is 17.5 Å². The molecule has 0 unspecified atom stereocenters. The fourth-order valence-electron chi connectivity index (χ4n) is 5.87. The predicted octanol–water partition coefficient (Wildman–Crippen LogP) is 1.95. The van der Waals surface area contributed by atoms with E-state index in [0.717, 1.165) is 31.2 Å². The smallest absolute Gasteiger partial charge is 0.409 e. The molecule has 3 fully saturated rings. The molecular weight excluding hydrogens is 580 g/mol. The molecule has 5 amide bonds. The first-order valence-electron chi connectivity index (χ1n) is 15.7. The third-order valence-electron chi connectivity index (χ3n) is 8.70. The van der Waals surface area contributed by atoms with E-state index in [1.165, 1.54) is 18.0 Å². The number of amides is 5. The molecule has 2 aliphatic heterocycles. The summed E-state index contributed by atoms with van der Waals surface area (Å²) in [5.74, 6) is -0.796. The van der Waals surface area contributed by atoms with E-state index < -0.39 is 18.0 Å². The highest BCUT2D eigenvalue weighted by molar-refractivity contribution is 5.99. The monoisotopic (exact) mass is 622 g/mol. The van der Waals surface area contributed by atoms with Gasteiger partial charge in [0, 0.05) is 57.3 Å². The van der Waals surface area contributed by atoms with Gasteiger partial charge in [-0.3, -0.25) is 19.2 Å². The fourth-order valence-corrected chi connectivity index (χ4v) is 5.87. The Morgan fingerprint density at radius 3 is 2.38 bits per heavy atom. The summed E-state index contributed by atoms with van der Waals surface area (Å²) in [6.45, 7) is 5.38. The number of carbonyl (C=O) groups excluding carboxylic acids is 5. The summed E-state index contributed by atoms with van der Waals surface area (Å²) in [5, 5.41) is 3.69. The summed E-state index contributed by atoms with van der Waals surface area (Å²) < 4.78 is 11.1. The first-order valence-corrected chi connectivity index (χ1v) is 15.7. The molecule has 1 aromatic carbocycles. The molecule has 1 aromatic heterocycles. The number of piperazine rings is 1. The van der Waals surface area contributed by atoms with Gasteiger partial charge in [-0.1, -0.05) is 6.07 Å². The number of nitrogens with zero attached hydrogens (tertiary/aromatic N) is 5. The number of likely N-dealkylation sites (N-methyl/N-ethyl adjacent to an activating group) is 1. The van der Waals surface area contributed by atoms with Crippen molar-refractivity contribution in [2.75, 3.05) is 59.5 Å². The second kappa shape index (κ2) is 14.1. The molecule has 242 valence electrons. The van der Waals surface area contributed by atoms with Crippen molar-refractivity contribution in [2.45, 2.75) is 58.0 Å². The van der Waals surface area contributed by atoms with Crippen LogP contribution in [0.3, 0.4) is 0 Å². The molecule has 13 nitrogen and oxygen atoms in total. The van der Waals surface area contributed by atoms with Crippen molar-refractivity contribution < 1.29 is 33.4 Å². The van der Waals surface area contributed by atoms with E-state index in [-0.39, 0.29) is 49.2 Å². The lowest BCUT2D eigenvalue weighted by Gasteiger charge is -2.34. The maximum Gasteiger partial charge on any atom is 0.409 e. The number of aromatic nitrogens is 1. The van der Waals surface area contributed by atoms with Gasteiger partial charge in [0.25, 0.3) is 11.8 Å². The maximum absolute atomic E-state index is 13.5. The van der Waals surface area contributed by atoms with Gasteiger partial charge in [0.15, 0.2) is 6.61 Å². The molecule has 0 radical (unpaired) electrons. The molecule has 45 heavy (non-hydrogen) atoms. The Kier molecular flexibility index (Phi) is 10.0. The average molecular weight is 623 g/mol. The third-order valence-corrected chi connectivity index (χ3v) is 8.70. The van der Waals surface area contributed by atoms with Gasteiger partial charge < -0.3 is 34.4 Å². The van der Waals surface area contributed by atoms with Crippen LogP contribution in [0.25, 0.3) is 10.9 Å². The highest BCUT2D eigenvalue weighted by Gasteiger charge is 2.36. The van der Waals surface area contributed by atoms with Crippen LogP contribution in [0, 0.1) is 6.92 Å². The van der Waals surface area contributed by atoms with Crippen molar-refractivity contribution in [2.24, 2.45) is 0 Å². The number of aryl methyl sites for hydroxylation is 1. The van der Waals surface area contributed by atoms with Crippen LogP contribution in [-0.4, -0.2) is 126 Å². The first-order chi connectivity index (χ1) is 21.6. The molecule has 0 spiro atoms. The SMILES string of the molecule is CCOC(=O)N1CCN(C(=O)CN(C)C(=O)c2cc(OCC(=O)N3CCC[C@H]3C(=O)NC3CCC3)c3ccc(C)cc3n2)CC1. The van der Waals surface area contributed by atoms with E-state index >= 15 is 0 Å². The van der Waals surface area contributed by atoms with Gasteiger partial charge in [-0.15, -0.1) is 0 Å². The Labute approximate surface area is 262 Å². The van der Waals surface area contributed by atoms with Crippen LogP contribution in [0.2, 0.25) is 0 Å². The number of carbonyl (C=O) groups is 5. The number of pyridine rings is 1. The summed E-state index contributed by atoms with van der Waals surface area (Å²) in [5.41, 5.74) is 1.54. The summed E-state index contributed by atoms with van der Waals surface area (Å²) in [6, 6.07) is 6.75. The number of nitrogens with one attached hydrogen (secondary N) is 1. The van der Waals surface area contributed by atoms with Crippen molar-refractivity contribution in [3.8, 4) is 5.75 Å². The standard InChI is InChI=1S/C32H42N6O7/c1-4-44-32(43)37-15-13-36(14-16-37)28(39)19-35(3)31(42)25-18-27(23-11-10-21(2)17-24(23)34-25)45-20-29(40)38-12-6-9-26(38)30(41)33-22-7-5-8-22/h10-11,17-18,22,26H,4-9,12-16,19-20H2,1-3H3,(H,33,41)/t26-/m0/s1. The van der Waals surface area contributed by atoms with Crippen molar-refractivity contribution in [3.63, 3.8) is 0 Å². The van der Waals surface area contributed by atoms with Gasteiger partial charge in [-0.25, -0.2) is 9.78 Å². The zero-order valence-electron chi connectivity index (χ0n) is 26.3. The molecule has 3 aliphatic rings. The van der Waals surface area contributed by atoms with Crippen molar-refractivity contribution >= 4 is 40.6 Å². The summed E-state index contributed by atoms with van der Waals surface area (Å²) in [7, 11) is 1.53. The lowest BCUT2D eigenvalue weighted by Crippen LogP contribution is -2.52. The minimum Gasteiger partial charge on any atom is -0.483 e. The third kappa shape index (κ3) is 7.46. The van der Waals surface area contributed by atoms with E-state index in [1.54, 1.807) is 21.6 Å². The van der Waals surface area contributed by atoms with Gasteiger partial charge in [-0.05, 0) is 63.6 Å². The number of hydrogen-bond donors (Lipinski definition) is 1. The number of ether oxygens (including phenoxy) is 2. The molecule has 2 aromatic rings. The van der Waals surface area contributed by atoms with Crippen LogP contribution in [0.4, 0.5) is 4.79 Å². The normalized spacial score (nSPS) is 18.4. The molecule has 3 heterocycles. The zero-order valence-corrected chi connectivity index (χ0v) is 26.3. The Hall–Kier alpha value is -4.42. The Balaban J connectivity index is 1.24. The molecule has 2 saturated heterocycles. The molecule has 0 bridgehead atoms. The average Bonchev–Trinajstić information content (AvgIpc) is 3.51. The van der Waals surface area contributed by atoms with Crippen LogP contribution >= 0.6 is 0 Å². The van der Waals surface area contributed by atoms with Crippen molar-refractivity contribution in [1.29, 1.82) is 0 Å². The van der Waals surface area contributed by atoms with E-state index in [2.05, 4.69) is 10.3 Å². The fraction of sp³-hybridized carbons (Fsp3) is 0.562. The van der Waals surface area contributed by atoms with Crippen LogP contribution in [0.1, 0.15) is 55.1 Å². The lowest BCUT2D eigenvalue weighted by atomic mass is 9.93. The van der Waals surface area contributed by atoms with E-state index in [4.69, 9.17) is 9.47 Å². The second-order valence-electron chi connectivity index (χ2n) is 11.9. The molecule has 5 rings (SSSR count). The van der Waals surface area contributed by atoms with Crippen LogP contribution in [-0.2, 0) is 19.1 Å². The zero-order chi connectivity index (χ0) is 32.1. The summed E-state index contributed by atoms with van der Waals surface area (Å²) in [4.78, 5) is 75.2. The summed E-state index contributed by atoms with van der Waals surface area (Å²) in [6.07, 6.45) is 4.02. The number of likely N-dealkylation sites (tertiary alicyclic amines) is 1. The minimum atomic E-state index is -0.505. The highest BCUT2D eigenvalue weighted by atomic mass is 16.6. The Morgan fingerprint density at radius 1 is 0.956 bits per heavy atom. The van der Waals surface area contributed by atoms with Crippen molar-refractivity contribution in [1.82, 2.24) is 29.9 Å².